The van der Waals surface area contributed by atoms with Crippen molar-refractivity contribution in [1.29, 1.82) is 0 Å². The third kappa shape index (κ3) is 22.2. The van der Waals surface area contributed by atoms with Crippen molar-refractivity contribution >= 4 is 40.3 Å². The summed E-state index contributed by atoms with van der Waals surface area (Å²) < 4.78 is 6.25. The molecular weight excluding hydrogens is 508 g/mol. The standard InChI is InChI=1S/C18H29BrOS2.C9H20.C2H6/c1-6-9-11-15(8-3)20-16(10-7-2)17(21)18(22-5)14(4)12-13-19;1-8(2)6-5-7-9(3)4;1-2/h7,10,12-13,15,21H,6,8-9,11H2,1-5H3;8-9H,5-7H2,1-4H3;1-2H3/b10-7+,13-12+,17-16+,18-14-;;. The number of ether oxygens (including phenoxy) is 1. The van der Waals surface area contributed by atoms with Crippen molar-refractivity contribution in [3.63, 3.8) is 0 Å². The average molecular weight is 564 g/mol. The van der Waals surface area contributed by atoms with Crippen LogP contribution in [0.4, 0.5) is 0 Å². The van der Waals surface area contributed by atoms with Gasteiger partial charge in [-0.25, -0.2) is 0 Å². The van der Waals surface area contributed by atoms with E-state index in [4.69, 9.17) is 17.4 Å². The van der Waals surface area contributed by atoms with Crippen molar-refractivity contribution in [1.82, 2.24) is 0 Å². The molecule has 0 fully saturated rings. The molecule has 0 aromatic heterocycles. The van der Waals surface area contributed by atoms with Crippen LogP contribution in [0.1, 0.15) is 114 Å². The molecule has 0 aromatic rings. The first kappa shape index (κ1) is 37.5. The first-order valence-corrected chi connectivity index (χ1v) is 15.5. The van der Waals surface area contributed by atoms with Crippen LogP contribution in [0.5, 0.6) is 0 Å². The molecule has 0 saturated carbocycles. The van der Waals surface area contributed by atoms with Crippen molar-refractivity contribution < 1.29 is 4.74 Å². The monoisotopic (exact) mass is 562 g/mol. The van der Waals surface area contributed by atoms with Crippen LogP contribution in [0.3, 0.4) is 0 Å². The zero-order valence-electron chi connectivity index (χ0n) is 23.6. The summed E-state index contributed by atoms with van der Waals surface area (Å²) in [4.78, 5) is 3.91. The van der Waals surface area contributed by atoms with E-state index in [9.17, 15) is 0 Å². The average Bonchev–Trinajstić information content (AvgIpc) is 2.77. The number of hydrogen-bond acceptors (Lipinski definition) is 3. The number of thioether (sulfide) groups is 1. The maximum Gasteiger partial charge on any atom is 0.133 e. The molecule has 1 unspecified atom stereocenters. The summed E-state index contributed by atoms with van der Waals surface area (Å²) >= 11 is 9.77. The van der Waals surface area contributed by atoms with Crippen molar-refractivity contribution in [2.45, 2.75) is 120 Å². The number of rotatable bonds is 14. The molecule has 4 heteroatoms. The topological polar surface area (TPSA) is 9.23 Å². The van der Waals surface area contributed by atoms with E-state index in [0.717, 1.165) is 40.2 Å². The molecule has 0 heterocycles. The van der Waals surface area contributed by atoms with Crippen molar-refractivity contribution in [3.8, 4) is 0 Å². The van der Waals surface area contributed by atoms with Crippen molar-refractivity contribution in [3.05, 3.63) is 44.4 Å². The summed E-state index contributed by atoms with van der Waals surface area (Å²) in [5.74, 6) is 2.65. The van der Waals surface area contributed by atoms with Gasteiger partial charge in [0.15, 0.2) is 0 Å². The zero-order chi connectivity index (χ0) is 26.2. The third-order valence-electron chi connectivity index (χ3n) is 4.83. The summed E-state index contributed by atoms with van der Waals surface area (Å²) in [5, 5.41) is 0. The van der Waals surface area contributed by atoms with Crippen LogP contribution in [0.25, 0.3) is 0 Å². The number of hydrogen-bond donors (Lipinski definition) is 1. The fourth-order valence-corrected chi connectivity index (χ4v) is 4.60. The van der Waals surface area contributed by atoms with E-state index >= 15 is 0 Å². The lowest BCUT2D eigenvalue weighted by Crippen LogP contribution is -2.11. The Morgan fingerprint density at radius 2 is 1.52 bits per heavy atom. The Balaban J connectivity index is -0.000000682. The Kier molecular flexibility index (Phi) is 30.2. The van der Waals surface area contributed by atoms with E-state index in [1.807, 2.05) is 44.0 Å². The molecule has 0 amide bonds. The molecule has 0 aliphatic heterocycles. The molecule has 33 heavy (non-hydrogen) atoms. The Morgan fingerprint density at radius 1 is 0.970 bits per heavy atom. The van der Waals surface area contributed by atoms with Crippen LogP contribution in [-0.2, 0) is 4.74 Å². The molecule has 1 atom stereocenters. The summed E-state index contributed by atoms with van der Waals surface area (Å²) in [5.41, 5.74) is 1.17. The van der Waals surface area contributed by atoms with Crippen molar-refractivity contribution in [2.75, 3.05) is 6.26 Å². The minimum atomic E-state index is 0.253. The molecule has 0 saturated heterocycles. The molecule has 196 valence electrons. The molecule has 0 N–H and O–H groups in total. The van der Waals surface area contributed by atoms with Crippen LogP contribution in [0.2, 0.25) is 0 Å². The van der Waals surface area contributed by atoms with Crippen LogP contribution in [0.15, 0.2) is 44.4 Å². The fourth-order valence-electron chi connectivity index (χ4n) is 2.94. The molecule has 0 aliphatic rings. The number of allylic oxidation sites excluding steroid dienone is 4. The van der Waals surface area contributed by atoms with Gasteiger partial charge in [-0.2, -0.15) is 0 Å². The molecule has 0 bridgehead atoms. The highest BCUT2D eigenvalue weighted by Crippen LogP contribution is 2.33. The van der Waals surface area contributed by atoms with Gasteiger partial charge in [0.2, 0.25) is 0 Å². The molecule has 0 radical (unpaired) electrons. The van der Waals surface area contributed by atoms with Crippen LogP contribution < -0.4 is 0 Å². The minimum absolute atomic E-state index is 0.253. The molecular formula is C29H55BrOS2. The molecule has 0 aromatic carbocycles. The summed E-state index contributed by atoms with van der Waals surface area (Å²) in [6.45, 7) is 21.6. The lowest BCUT2D eigenvalue weighted by Gasteiger charge is -2.20. The van der Waals surface area contributed by atoms with Gasteiger partial charge >= 0.3 is 0 Å². The van der Waals surface area contributed by atoms with E-state index in [1.54, 1.807) is 11.8 Å². The summed E-state index contributed by atoms with van der Waals surface area (Å²) in [6, 6.07) is 0. The maximum absolute atomic E-state index is 6.25. The van der Waals surface area contributed by atoms with Crippen LogP contribution in [0, 0.1) is 11.8 Å². The van der Waals surface area contributed by atoms with E-state index in [-0.39, 0.29) is 6.10 Å². The highest BCUT2D eigenvalue weighted by Gasteiger charge is 2.14. The molecule has 0 aliphatic carbocycles. The number of unbranched alkanes of at least 4 members (excludes halogenated alkanes) is 1. The number of halogens is 1. The Morgan fingerprint density at radius 3 is 1.88 bits per heavy atom. The normalized spacial score (nSPS) is 13.9. The van der Waals surface area contributed by atoms with Gasteiger partial charge in [0, 0.05) is 4.91 Å². The fraction of sp³-hybridized carbons (Fsp3) is 0.724. The van der Waals surface area contributed by atoms with Gasteiger partial charge in [-0.15, -0.1) is 24.4 Å². The van der Waals surface area contributed by atoms with Gasteiger partial charge in [-0.05, 0) is 61.4 Å². The van der Waals surface area contributed by atoms with E-state index in [0.29, 0.717) is 0 Å². The van der Waals surface area contributed by atoms with Gasteiger partial charge in [0.25, 0.3) is 0 Å². The lowest BCUT2D eigenvalue weighted by atomic mass is 10.0. The molecule has 0 rings (SSSR count). The van der Waals surface area contributed by atoms with E-state index in [2.05, 4.69) is 70.7 Å². The highest BCUT2D eigenvalue weighted by molar-refractivity contribution is 9.11. The predicted octanol–water partition coefficient (Wildman–Crippen LogP) is 11.7. The highest BCUT2D eigenvalue weighted by atomic mass is 79.9. The molecule has 1 nitrogen and oxygen atoms in total. The van der Waals surface area contributed by atoms with E-state index < -0.39 is 0 Å². The number of thiol groups is 1. The van der Waals surface area contributed by atoms with Gasteiger partial charge in [0.1, 0.15) is 5.76 Å². The first-order valence-electron chi connectivity index (χ1n) is 12.9. The second-order valence-corrected chi connectivity index (χ2v) is 10.5. The summed E-state index contributed by atoms with van der Waals surface area (Å²) in [7, 11) is 0. The van der Waals surface area contributed by atoms with Gasteiger partial charge in [0.05, 0.1) is 11.0 Å². The van der Waals surface area contributed by atoms with Gasteiger partial charge < -0.3 is 4.74 Å². The second-order valence-electron chi connectivity index (χ2n) is 8.73. The smallest absolute Gasteiger partial charge is 0.133 e. The maximum atomic E-state index is 6.25. The Bertz CT molecular complexity index is 552. The third-order valence-corrected chi connectivity index (χ3v) is 6.63. The lowest BCUT2D eigenvalue weighted by molar-refractivity contribution is 0.111. The second kappa shape index (κ2) is 26.5. The van der Waals surface area contributed by atoms with Crippen LogP contribution in [-0.4, -0.2) is 12.4 Å². The summed E-state index contributed by atoms with van der Waals surface area (Å²) in [6.07, 6.45) is 17.1. The van der Waals surface area contributed by atoms with Crippen molar-refractivity contribution in [2.24, 2.45) is 11.8 Å². The Hall–Kier alpha value is -0.0600. The van der Waals surface area contributed by atoms with E-state index in [1.165, 1.54) is 37.7 Å². The largest absolute Gasteiger partial charge is 0.489 e. The zero-order valence-corrected chi connectivity index (χ0v) is 26.9. The van der Waals surface area contributed by atoms with Gasteiger partial charge in [-0.3, -0.25) is 0 Å². The predicted molar refractivity (Wildman–Crippen MR) is 165 cm³/mol. The van der Waals surface area contributed by atoms with Crippen LogP contribution >= 0.6 is 40.3 Å². The SMILES string of the molecule is C/C=C/C(OC(CC)CCCC)=C(S)/C(SC)=C(C)/C=C/Br.CC.CC(C)CCCC(C)C. The Labute approximate surface area is 226 Å². The molecule has 0 spiro atoms. The van der Waals surface area contributed by atoms with Gasteiger partial charge in [-0.1, -0.05) is 116 Å². The first-order chi connectivity index (χ1) is 15.7. The minimum Gasteiger partial charge on any atom is -0.489 e. The quantitative estimate of drug-likeness (QED) is 0.128.